The Hall–Kier alpha value is -2.02. The second kappa shape index (κ2) is 5.77. The molecule has 7 heteroatoms. The highest BCUT2D eigenvalue weighted by atomic mass is 32.1. The minimum atomic E-state index is -0.270. The number of thiazole rings is 1. The summed E-state index contributed by atoms with van der Waals surface area (Å²) in [6, 6.07) is 1.83. The number of carbonyl (C=O) groups excluding carboxylic acids is 2. The van der Waals surface area contributed by atoms with E-state index in [0.29, 0.717) is 21.4 Å². The van der Waals surface area contributed by atoms with Crippen molar-refractivity contribution < 1.29 is 9.59 Å². The Morgan fingerprint density at radius 3 is 2.52 bits per heavy atom. The number of anilines is 1. The van der Waals surface area contributed by atoms with Crippen LogP contribution in [0.3, 0.4) is 0 Å². The molecule has 2 aromatic rings. The van der Waals surface area contributed by atoms with Gasteiger partial charge in [0.15, 0.2) is 10.9 Å². The minimum Gasteiger partial charge on any atom is -0.296 e. The maximum atomic E-state index is 12.4. The molecule has 2 heterocycles. The Morgan fingerprint density at radius 1 is 1.33 bits per heavy atom. The number of nitrogens with one attached hydrogen (secondary N) is 1. The fraction of sp³-hybridized carbons (Fsp3) is 0.429. The molecular formula is C14H18N4O2S. The predicted octanol–water partition coefficient (Wildman–Crippen LogP) is 2.99. The summed E-state index contributed by atoms with van der Waals surface area (Å²) in [4.78, 5) is 28.6. The number of nitrogens with zero attached hydrogens (tertiary/aromatic N) is 3. The topological polar surface area (TPSA) is 76.9 Å². The second-order valence-electron chi connectivity index (χ2n) is 5.15. The van der Waals surface area contributed by atoms with Gasteiger partial charge >= 0.3 is 0 Å². The lowest BCUT2D eigenvalue weighted by molar-refractivity contribution is 0.100. The van der Waals surface area contributed by atoms with Gasteiger partial charge in [-0.2, -0.15) is 5.10 Å². The van der Waals surface area contributed by atoms with E-state index < -0.39 is 0 Å². The molecule has 0 aliphatic carbocycles. The van der Waals surface area contributed by atoms with E-state index in [0.717, 1.165) is 5.69 Å². The van der Waals surface area contributed by atoms with E-state index in [9.17, 15) is 9.59 Å². The lowest BCUT2D eigenvalue weighted by Crippen LogP contribution is -2.18. The van der Waals surface area contributed by atoms with Gasteiger partial charge in [-0.3, -0.25) is 19.6 Å². The molecule has 1 amide bonds. The van der Waals surface area contributed by atoms with Crippen LogP contribution < -0.4 is 5.32 Å². The molecule has 0 saturated carbocycles. The number of rotatable bonds is 4. The highest BCUT2D eigenvalue weighted by Crippen LogP contribution is 2.23. The molecule has 112 valence electrons. The molecule has 21 heavy (non-hydrogen) atoms. The van der Waals surface area contributed by atoms with Gasteiger partial charge < -0.3 is 0 Å². The van der Waals surface area contributed by atoms with Gasteiger partial charge in [0, 0.05) is 13.0 Å². The summed E-state index contributed by atoms with van der Waals surface area (Å²) in [7, 11) is 0. The van der Waals surface area contributed by atoms with Gasteiger partial charge in [0.25, 0.3) is 5.91 Å². The monoisotopic (exact) mass is 306 g/mol. The van der Waals surface area contributed by atoms with Gasteiger partial charge in [-0.25, -0.2) is 4.98 Å². The van der Waals surface area contributed by atoms with Crippen LogP contribution in [-0.2, 0) is 0 Å². The number of aryl methyl sites for hydroxylation is 2. The zero-order chi connectivity index (χ0) is 15.7. The van der Waals surface area contributed by atoms with Crippen LogP contribution in [0.4, 0.5) is 5.13 Å². The molecule has 0 unspecified atom stereocenters. The van der Waals surface area contributed by atoms with Crippen LogP contribution in [0.25, 0.3) is 0 Å². The van der Waals surface area contributed by atoms with Crippen molar-refractivity contribution in [1.29, 1.82) is 0 Å². The van der Waals surface area contributed by atoms with Crippen LogP contribution in [0, 0.1) is 13.8 Å². The fourth-order valence-electron chi connectivity index (χ4n) is 2.02. The van der Waals surface area contributed by atoms with Crippen LogP contribution in [0.2, 0.25) is 0 Å². The zero-order valence-electron chi connectivity index (χ0n) is 12.7. The Labute approximate surface area is 127 Å². The van der Waals surface area contributed by atoms with Crippen molar-refractivity contribution >= 4 is 28.2 Å². The van der Waals surface area contributed by atoms with Crippen molar-refractivity contribution in [1.82, 2.24) is 14.8 Å². The maximum Gasteiger partial charge on any atom is 0.275 e. The normalized spacial score (nSPS) is 11.0. The molecule has 0 saturated heterocycles. The average Bonchev–Trinajstić information content (AvgIpc) is 2.92. The molecular weight excluding hydrogens is 288 g/mol. The van der Waals surface area contributed by atoms with Crippen LogP contribution in [0.1, 0.15) is 58.4 Å². The summed E-state index contributed by atoms with van der Waals surface area (Å²) in [5, 5.41) is 7.47. The van der Waals surface area contributed by atoms with Crippen LogP contribution in [0.15, 0.2) is 6.07 Å². The number of hydrogen-bond donors (Lipinski definition) is 1. The van der Waals surface area contributed by atoms with Crippen LogP contribution >= 0.6 is 11.3 Å². The third-order valence-corrected chi connectivity index (χ3v) is 4.09. The molecule has 0 atom stereocenters. The summed E-state index contributed by atoms with van der Waals surface area (Å²) in [6.45, 7) is 9.01. The molecule has 2 aromatic heterocycles. The van der Waals surface area contributed by atoms with Crippen LogP contribution in [0.5, 0.6) is 0 Å². The summed E-state index contributed by atoms with van der Waals surface area (Å²) in [5.74, 6) is -0.318. The molecule has 0 aromatic carbocycles. The van der Waals surface area contributed by atoms with E-state index in [1.165, 1.54) is 18.3 Å². The molecule has 2 rings (SSSR count). The summed E-state index contributed by atoms with van der Waals surface area (Å²) in [6.07, 6.45) is 0. The quantitative estimate of drug-likeness (QED) is 0.881. The molecule has 1 N–H and O–H groups in total. The Kier molecular flexibility index (Phi) is 4.22. The largest absolute Gasteiger partial charge is 0.296 e. The SMILES string of the molecule is CC(=O)c1sc(NC(=O)c2cc(C)nn2C(C)C)nc1C. The van der Waals surface area contributed by atoms with Crippen LogP contribution in [-0.4, -0.2) is 26.5 Å². The molecule has 0 fully saturated rings. The first-order valence-electron chi connectivity index (χ1n) is 6.65. The van der Waals surface area contributed by atoms with E-state index in [1.807, 2.05) is 20.8 Å². The minimum absolute atomic E-state index is 0.0476. The number of amides is 1. The molecule has 0 bridgehead atoms. The lowest BCUT2D eigenvalue weighted by Gasteiger charge is -2.09. The predicted molar refractivity (Wildman–Crippen MR) is 82.2 cm³/mol. The average molecular weight is 306 g/mol. The van der Waals surface area contributed by atoms with Crippen molar-refractivity contribution in [2.24, 2.45) is 0 Å². The fourth-order valence-corrected chi connectivity index (χ4v) is 2.87. The summed E-state index contributed by atoms with van der Waals surface area (Å²) in [5.41, 5.74) is 1.91. The number of aromatic nitrogens is 3. The van der Waals surface area contributed by atoms with Gasteiger partial charge in [-0.1, -0.05) is 11.3 Å². The van der Waals surface area contributed by atoms with Gasteiger partial charge in [-0.15, -0.1) is 0 Å². The van der Waals surface area contributed by atoms with Gasteiger partial charge in [0.1, 0.15) is 5.69 Å². The standard InChI is InChI=1S/C14H18N4O2S/c1-7(2)18-11(6-8(3)17-18)13(20)16-14-15-9(4)12(21-14)10(5)19/h6-7H,1-5H3,(H,15,16,20). The molecule has 0 aliphatic rings. The second-order valence-corrected chi connectivity index (χ2v) is 6.15. The first-order chi connectivity index (χ1) is 9.79. The van der Waals surface area contributed by atoms with Gasteiger partial charge in [-0.05, 0) is 33.8 Å². The molecule has 6 nitrogen and oxygen atoms in total. The first kappa shape index (κ1) is 15.4. The molecule has 0 aliphatic heterocycles. The van der Waals surface area contributed by atoms with E-state index in [1.54, 1.807) is 17.7 Å². The molecule has 0 spiro atoms. The first-order valence-corrected chi connectivity index (χ1v) is 7.47. The van der Waals surface area contributed by atoms with Crippen molar-refractivity contribution in [3.8, 4) is 0 Å². The third kappa shape index (κ3) is 3.18. The Bertz CT molecular complexity index is 700. The zero-order valence-corrected chi connectivity index (χ0v) is 13.5. The number of ketones is 1. The lowest BCUT2D eigenvalue weighted by atomic mass is 10.3. The van der Waals surface area contributed by atoms with E-state index in [2.05, 4.69) is 15.4 Å². The van der Waals surface area contributed by atoms with Gasteiger partial charge in [0.2, 0.25) is 0 Å². The number of hydrogen-bond acceptors (Lipinski definition) is 5. The van der Waals surface area contributed by atoms with Crippen molar-refractivity contribution in [2.75, 3.05) is 5.32 Å². The van der Waals surface area contributed by atoms with Crippen molar-refractivity contribution in [2.45, 2.75) is 40.7 Å². The van der Waals surface area contributed by atoms with Crippen molar-refractivity contribution in [3.63, 3.8) is 0 Å². The summed E-state index contributed by atoms with van der Waals surface area (Å²) >= 11 is 1.19. The number of Topliss-reactive ketones (excluding diaryl/α,β-unsaturated/α-hetero) is 1. The van der Waals surface area contributed by atoms with E-state index in [-0.39, 0.29) is 17.7 Å². The summed E-state index contributed by atoms with van der Waals surface area (Å²) < 4.78 is 1.68. The Morgan fingerprint density at radius 2 is 2.00 bits per heavy atom. The highest BCUT2D eigenvalue weighted by Gasteiger charge is 2.19. The van der Waals surface area contributed by atoms with E-state index >= 15 is 0 Å². The smallest absolute Gasteiger partial charge is 0.275 e. The Balaban J connectivity index is 2.26. The van der Waals surface area contributed by atoms with E-state index in [4.69, 9.17) is 0 Å². The third-order valence-electron chi connectivity index (χ3n) is 2.92. The van der Waals surface area contributed by atoms with Crippen molar-refractivity contribution in [3.05, 3.63) is 28.0 Å². The maximum absolute atomic E-state index is 12.4. The van der Waals surface area contributed by atoms with Gasteiger partial charge in [0.05, 0.1) is 16.3 Å². The highest BCUT2D eigenvalue weighted by molar-refractivity contribution is 7.17. The number of carbonyl (C=O) groups is 2. The molecule has 0 radical (unpaired) electrons.